The van der Waals surface area contributed by atoms with Gasteiger partial charge in [0, 0.05) is 17.6 Å². The molecule has 1 heterocycles. The third kappa shape index (κ3) is 4.44. The Morgan fingerprint density at radius 1 is 1.00 bits per heavy atom. The molecule has 0 N–H and O–H groups in total. The maximum atomic E-state index is 13.3. The molecule has 0 radical (unpaired) electrons. The van der Waals surface area contributed by atoms with Crippen LogP contribution in [-0.4, -0.2) is 31.6 Å². The Morgan fingerprint density at radius 2 is 1.74 bits per heavy atom. The van der Waals surface area contributed by atoms with Gasteiger partial charge in [0.15, 0.2) is 11.5 Å². The first-order valence-corrected chi connectivity index (χ1v) is 10.5. The highest BCUT2D eigenvalue weighted by Crippen LogP contribution is 2.41. The topological polar surface area (TPSA) is 38.8 Å². The van der Waals surface area contributed by atoms with Gasteiger partial charge in [-0.15, -0.1) is 0 Å². The van der Waals surface area contributed by atoms with E-state index in [1.54, 1.807) is 20.3 Å². The molecular weight excluding hydrogens is 410 g/mol. The van der Waals surface area contributed by atoms with E-state index in [0.29, 0.717) is 23.1 Å². The number of benzene rings is 3. The third-order valence-corrected chi connectivity index (χ3v) is 5.77. The van der Waals surface area contributed by atoms with Gasteiger partial charge in [0.25, 0.3) is 0 Å². The number of nitrogens with zero attached hydrogens (tertiary/aromatic N) is 1. The molecule has 3 aromatic carbocycles. The molecular formula is C26H24ClNO3. The van der Waals surface area contributed by atoms with Crippen LogP contribution in [0.4, 0.5) is 0 Å². The largest absolute Gasteiger partial charge is 0.493 e. The highest BCUT2D eigenvalue weighted by atomic mass is 35.5. The summed E-state index contributed by atoms with van der Waals surface area (Å²) in [7, 11) is 3.25. The van der Waals surface area contributed by atoms with E-state index in [-0.39, 0.29) is 11.9 Å². The van der Waals surface area contributed by atoms with E-state index in [1.807, 2.05) is 77.7 Å². The van der Waals surface area contributed by atoms with Crippen LogP contribution < -0.4 is 9.47 Å². The van der Waals surface area contributed by atoms with Crippen LogP contribution in [-0.2, 0) is 11.2 Å². The number of carbonyl (C=O) groups excluding carboxylic acids is 1. The summed E-state index contributed by atoms with van der Waals surface area (Å²) in [4.78, 5) is 15.2. The standard InChI is InChI=1S/C26H24ClNO3/c1-30-23-16-19-13-14-28(25(29)12-11-18-7-4-3-5-8-18)26(22(19)17-24(23)31-2)20-9-6-10-21(27)15-20/h3-12,15-17,26H,13-14H2,1-2H3/b12-11+/t26-/m0/s1. The predicted octanol–water partition coefficient (Wildman–Crippen LogP) is 5.54. The molecule has 0 aliphatic carbocycles. The van der Waals surface area contributed by atoms with Gasteiger partial charge in [0.1, 0.15) is 0 Å². The van der Waals surface area contributed by atoms with Crippen LogP contribution >= 0.6 is 11.6 Å². The molecule has 0 unspecified atom stereocenters. The van der Waals surface area contributed by atoms with Crippen LogP contribution in [0.25, 0.3) is 6.08 Å². The van der Waals surface area contributed by atoms with Crippen LogP contribution in [0.15, 0.2) is 72.8 Å². The van der Waals surface area contributed by atoms with Crippen molar-refractivity contribution in [2.45, 2.75) is 12.5 Å². The van der Waals surface area contributed by atoms with E-state index < -0.39 is 0 Å². The van der Waals surface area contributed by atoms with E-state index in [1.165, 1.54) is 0 Å². The highest BCUT2D eigenvalue weighted by molar-refractivity contribution is 6.30. The van der Waals surface area contributed by atoms with Gasteiger partial charge in [-0.1, -0.05) is 54.1 Å². The van der Waals surface area contributed by atoms with Crippen LogP contribution in [0.1, 0.15) is 28.3 Å². The predicted molar refractivity (Wildman–Crippen MR) is 124 cm³/mol. The van der Waals surface area contributed by atoms with Gasteiger partial charge in [-0.2, -0.15) is 0 Å². The molecule has 4 nitrogen and oxygen atoms in total. The second-order valence-corrected chi connectivity index (χ2v) is 7.83. The summed E-state index contributed by atoms with van der Waals surface area (Å²) in [5, 5.41) is 0.636. The number of methoxy groups -OCH3 is 2. The fourth-order valence-corrected chi connectivity index (χ4v) is 4.25. The lowest BCUT2D eigenvalue weighted by Gasteiger charge is -2.37. The number of carbonyl (C=O) groups is 1. The number of hydrogen-bond acceptors (Lipinski definition) is 3. The van der Waals surface area contributed by atoms with Crippen molar-refractivity contribution in [1.82, 2.24) is 4.90 Å². The Balaban J connectivity index is 1.77. The molecule has 5 heteroatoms. The Kier molecular flexibility index (Phi) is 6.28. The number of ether oxygens (including phenoxy) is 2. The van der Waals surface area contributed by atoms with Crippen LogP contribution in [0.3, 0.4) is 0 Å². The van der Waals surface area contributed by atoms with E-state index in [2.05, 4.69) is 0 Å². The number of rotatable bonds is 5. The number of amides is 1. The number of hydrogen-bond donors (Lipinski definition) is 0. The Bertz CT molecular complexity index is 1110. The highest BCUT2D eigenvalue weighted by Gasteiger charge is 2.32. The van der Waals surface area contributed by atoms with Gasteiger partial charge in [0.2, 0.25) is 5.91 Å². The van der Waals surface area contributed by atoms with Gasteiger partial charge in [-0.25, -0.2) is 0 Å². The summed E-state index contributed by atoms with van der Waals surface area (Å²) in [6.45, 7) is 0.595. The van der Waals surface area contributed by atoms with Crippen molar-refractivity contribution in [1.29, 1.82) is 0 Å². The molecule has 1 aliphatic rings. The Hall–Kier alpha value is -3.24. The van der Waals surface area contributed by atoms with Gasteiger partial charge >= 0.3 is 0 Å². The van der Waals surface area contributed by atoms with Gasteiger partial charge in [-0.05, 0) is 59.0 Å². The van der Waals surface area contributed by atoms with Gasteiger partial charge < -0.3 is 14.4 Å². The van der Waals surface area contributed by atoms with E-state index in [9.17, 15) is 4.79 Å². The maximum absolute atomic E-state index is 13.3. The summed E-state index contributed by atoms with van der Waals surface area (Å²) < 4.78 is 11.0. The summed E-state index contributed by atoms with van der Waals surface area (Å²) in [5.74, 6) is 1.28. The molecule has 1 aliphatic heterocycles. The molecule has 0 aromatic heterocycles. The van der Waals surface area contributed by atoms with Gasteiger partial charge in [-0.3, -0.25) is 4.79 Å². The fraction of sp³-hybridized carbons (Fsp3) is 0.192. The monoisotopic (exact) mass is 433 g/mol. The zero-order chi connectivity index (χ0) is 21.8. The third-order valence-electron chi connectivity index (χ3n) is 5.54. The molecule has 31 heavy (non-hydrogen) atoms. The van der Waals surface area contributed by atoms with Crippen molar-refractivity contribution in [2.75, 3.05) is 20.8 Å². The first-order chi connectivity index (χ1) is 15.1. The summed E-state index contributed by atoms with van der Waals surface area (Å²) in [5.41, 5.74) is 4.10. The summed E-state index contributed by atoms with van der Waals surface area (Å²) >= 11 is 6.30. The number of fused-ring (bicyclic) bond motifs is 1. The minimum Gasteiger partial charge on any atom is -0.493 e. The Morgan fingerprint density at radius 3 is 2.45 bits per heavy atom. The van der Waals surface area contributed by atoms with Crippen molar-refractivity contribution in [2.24, 2.45) is 0 Å². The average molecular weight is 434 g/mol. The zero-order valence-electron chi connectivity index (χ0n) is 17.5. The van der Waals surface area contributed by atoms with E-state index >= 15 is 0 Å². The summed E-state index contributed by atoms with van der Waals surface area (Å²) in [6.07, 6.45) is 4.22. The molecule has 158 valence electrons. The lowest BCUT2D eigenvalue weighted by Crippen LogP contribution is -2.39. The average Bonchev–Trinajstić information content (AvgIpc) is 2.81. The minimum absolute atomic E-state index is 0.0470. The van der Waals surface area contributed by atoms with Crippen LogP contribution in [0.2, 0.25) is 5.02 Å². The second kappa shape index (κ2) is 9.27. The minimum atomic E-state index is -0.268. The Labute approximate surface area is 187 Å². The molecule has 0 saturated carbocycles. The van der Waals surface area contributed by atoms with Crippen molar-refractivity contribution in [3.05, 3.63) is 100 Å². The van der Waals surface area contributed by atoms with Crippen molar-refractivity contribution >= 4 is 23.6 Å². The molecule has 1 atom stereocenters. The van der Waals surface area contributed by atoms with E-state index in [0.717, 1.165) is 28.7 Å². The van der Waals surface area contributed by atoms with Crippen LogP contribution in [0.5, 0.6) is 11.5 Å². The first kappa shape index (κ1) is 21.0. The van der Waals surface area contributed by atoms with Crippen molar-refractivity contribution in [3.8, 4) is 11.5 Å². The number of halogens is 1. The van der Waals surface area contributed by atoms with Crippen molar-refractivity contribution in [3.63, 3.8) is 0 Å². The quantitative estimate of drug-likeness (QED) is 0.495. The summed E-state index contributed by atoms with van der Waals surface area (Å²) in [6, 6.07) is 21.2. The molecule has 0 bridgehead atoms. The lowest BCUT2D eigenvalue weighted by molar-refractivity contribution is -0.127. The maximum Gasteiger partial charge on any atom is 0.247 e. The fourth-order valence-electron chi connectivity index (χ4n) is 4.05. The molecule has 3 aromatic rings. The molecule has 0 fully saturated rings. The smallest absolute Gasteiger partial charge is 0.247 e. The van der Waals surface area contributed by atoms with Crippen LogP contribution in [0, 0.1) is 0 Å². The zero-order valence-corrected chi connectivity index (χ0v) is 18.3. The van der Waals surface area contributed by atoms with Gasteiger partial charge in [0.05, 0.1) is 20.3 Å². The molecule has 0 spiro atoms. The lowest BCUT2D eigenvalue weighted by atomic mass is 9.87. The van der Waals surface area contributed by atoms with E-state index in [4.69, 9.17) is 21.1 Å². The van der Waals surface area contributed by atoms with Crippen molar-refractivity contribution < 1.29 is 14.3 Å². The molecule has 4 rings (SSSR count). The molecule has 0 saturated heterocycles. The SMILES string of the molecule is COc1cc2c(cc1OC)[C@H](c1cccc(Cl)c1)N(C(=O)/C=C/c1ccccc1)CC2. The normalized spacial score (nSPS) is 15.6. The second-order valence-electron chi connectivity index (χ2n) is 7.39. The first-order valence-electron chi connectivity index (χ1n) is 10.1. The molecule has 1 amide bonds.